The minimum Gasteiger partial charge on any atom is -0.281 e. The summed E-state index contributed by atoms with van der Waals surface area (Å²) in [4.78, 5) is 0.158. The molecule has 0 heterocycles. The van der Waals surface area contributed by atoms with Crippen LogP contribution in [-0.4, -0.2) is 14.3 Å². The fourth-order valence-corrected chi connectivity index (χ4v) is 3.49. The summed E-state index contributed by atoms with van der Waals surface area (Å²) in [6.45, 7) is 0. The Morgan fingerprint density at radius 2 is 1.48 bits per heavy atom. The van der Waals surface area contributed by atoms with Crippen LogP contribution in [0.4, 0.5) is 0 Å². The van der Waals surface area contributed by atoms with E-state index in [0.717, 1.165) is 0 Å². The Balaban J connectivity index is 2.36. The van der Waals surface area contributed by atoms with Gasteiger partial charge in [0.1, 0.15) is 0 Å². The Labute approximate surface area is 134 Å². The summed E-state index contributed by atoms with van der Waals surface area (Å²) in [5.41, 5.74) is 0.943. The van der Waals surface area contributed by atoms with Gasteiger partial charge in [0.05, 0.1) is 21.5 Å². The molecule has 0 saturated heterocycles. The molecule has 0 saturated carbocycles. The summed E-state index contributed by atoms with van der Waals surface area (Å²) in [6.07, 6.45) is 0. The monoisotopic (exact) mass is 341 g/mol. The highest BCUT2D eigenvalue weighted by atomic mass is 35.5. The number of halogens is 2. The topological polar surface area (TPSA) is 46.2 Å². The minimum absolute atomic E-state index is 0.0419. The van der Waals surface area contributed by atoms with Crippen molar-refractivity contribution in [2.45, 2.75) is 4.90 Å². The first-order valence-corrected chi connectivity index (χ1v) is 8.52. The van der Waals surface area contributed by atoms with Gasteiger partial charge >= 0.3 is 0 Å². The van der Waals surface area contributed by atoms with Crippen molar-refractivity contribution in [2.75, 3.05) is 5.88 Å². The molecule has 0 aliphatic rings. The zero-order valence-electron chi connectivity index (χ0n) is 11.0. The van der Waals surface area contributed by atoms with Crippen LogP contribution in [0.5, 0.6) is 0 Å². The van der Waals surface area contributed by atoms with Crippen LogP contribution < -0.4 is 4.72 Å². The molecular formula is C15H13Cl2NO2S. The van der Waals surface area contributed by atoms with Crippen LogP contribution in [0.15, 0.2) is 71.3 Å². The second-order valence-electron chi connectivity index (χ2n) is 4.21. The molecule has 0 aromatic heterocycles. The molecule has 3 nitrogen and oxygen atoms in total. The predicted octanol–water partition coefficient (Wildman–Crippen LogP) is 3.81. The summed E-state index contributed by atoms with van der Waals surface area (Å²) in [5.74, 6) is -0.0419. The zero-order valence-corrected chi connectivity index (χ0v) is 13.3. The number of hydrogen-bond donors (Lipinski definition) is 1. The third-order valence-corrected chi connectivity index (χ3v) is 4.86. The molecule has 0 spiro atoms. The molecule has 0 atom stereocenters. The van der Waals surface area contributed by atoms with Gasteiger partial charge in [-0.25, -0.2) is 8.42 Å². The number of sulfonamides is 1. The Morgan fingerprint density at radius 3 is 2.00 bits per heavy atom. The molecule has 110 valence electrons. The molecule has 0 fully saturated rings. The number of allylic oxidation sites excluding steroid dienone is 1. The highest BCUT2D eigenvalue weighted by Crippen LogP contribution is 2.23. The summed E-state index contributed by atoms with van der Waals surface area (Å²) >= 11 is 12.1. The molecule has 0 bridgehead atoms. The molecule has 2 aromatic carbocycles. The van der Waals surface area contributed by atoms with Crippen LogP contribution in [0.3, 0.4) is 0 Å². The smallest absolute Gasteiger partial charge is 0.261 e. The van der Waals surface area contributed by atoms with Gasteiger partial charge in [-0.1, -0.05) is 60.1 Å². The van der Waals surface area contributed by atoms with Gasteiger partial charge < -0.3 is 0 Å². The van der Waals surface area contributed by atoms with Crippen LogP contribution in [0.2, 0.25) is 0 Å². The van der Waals surface area contributed by atoms with Crippen molar-refractivity contribution in [3.05, 3.63) is 71.9 Å². The van der Waals surface area contributed by atoms with Crippen molar-refractivity contribution >= 4 is 38.3 Å². The third kappa shape index (κ3) is 4.00. The number of nitrogens with one attached hydrogen (secondary N) is 1. The zero-order chi connectivity index (χ0) is 15.3. The van der Waals surface area contributed by atoms with Crippen molar-refractivity contribution in [3.8, 4) is 0 Å². The predicted molar refractivity (Wildman–Crippen MR) is 86.7 cm³/mol. The maximum Gasteiger partial charge on any atom is 0.261 e. The Bertz CT molecular complexity index is 729. The van der Waals surface area contributed by atoms with E-state index in [4.69, 9.17) is 23.2 Å². The molecule has 6 heteroatoms. The molecule has 2 aromatic rings. The molecular weight excluding hydrogens is 329 g/mol. The van der Waals surface area contributed by atoms with E-state index in [9.17, 15) is 8.42 Å². The molecule has 0 aliphatic carbocycles. The molecule has 0 unspecified atom stereocenters. The van der Waals surface area contributed by atoms with Crippen LogP contribution in [-0.2, 0) is 10.0 Å². The highest BCUT2D eigenvalue weighted by molar-refractivity contribution is 7.89. The van der Waals surface area contributed by atoms with Crippen LogP contribution in [0.25, 0.3) is 5.03 Å². The first kappa shape index (κ1) is 15.9. The molecule has 0 aliphatic heterocycles. The van der Waals surface area contributed by atoms with Crippen molar-refractivity contribution in [1.29, 1.82) is 0 Å². The molecule has 1 N–H and O–H groups in total. The Hall–Kier alpha value is -1.49. The summed E-state index contributed by atoms with van der Waals surface area (Å²) in [7, 11) is -3.70. The fraction of sp³-hybridized carbons (Fsp3) is 0.0667. The van der Waals surface area contributed by atoms with Gasteiger partial charge in [-0.05, 0) is 17.7 Å². The SMILES string of the molecule is O=S(=O)(N/C(CCl)=C(\Cl)c1ccccc1)c1ccccc1. The van der Waals surface area contributed by atoms with Crippen LogP contribution in [0.1, 0.15) is 5.56 Å². The Kier molecular flexibility index (Phi) is 5.28. The van der Waals surface area contributed by atoms with E-state index in [1.165, 1.54) is 12.1 Å². The van der Waals surface area contributed by atoms with Gasteiger partial charge in [-0.3, -0.25) is 4.72 Å². The number of rotatable bonds is 5. The van der Waals surface area contributed by atoms with Gasteiger partial charge in [0, 0.05) is 0 Å². The lowest BCUT2D eigenvalue weighted by atomic mass is 10.2. The second kappa shape index (κ2) is 6.98. The van der Waals surface area contributed by atoms with Gasteiger partial charge in [-0.2, -0.15) is 0 Å². The van der Waals surface area contributed by atoms with Gasteiger partial charge in [-0.15, -0.1) is 11.6 Å². The van der Waals surface area contributed by atoms with Gasteiger partial charge in [0.15, 0.2) is 0 Å². The number of alkyl halides is 1. The maximum absolute atomic E-state index is 12.3. The van der Waals surface area contributed by atoms with Gasteiger partial charge in [0.2, 0.25) is 0 Å². The molecule has 21 heavy (non-hydrogen) atoms. The van der Waals surface area contributed by atoms with E-state index in [1.807, 2.05) is 18.2 Å². The van der Waals surface area contributed by atoms with E-state index in [1.54, 1.807) is 30.3 Å². The van der Waals surface area contributed by atoms with E-state index in [2.05, 4.69) is 4.72 Å². The van der Waals surface area contributed by atoms with E-state index in [-0.39, 0.29) is 21.5 Å². The molecule has 2 rings (SSSR count). The average Bonchev–Trinajstić information content (AvgIpc) is 2.53. The lowest BCUT2D eigenvalue weighted by Crippen LogP contribution is -2.24. The quantitative estimate of drug-likeness (QED) is 0.840. The van der Waals surface area contributed by atoms with E-state index >= 15 is 0 Å². The number of hydrogen-bond acceptors (Lipinski definition) is 2. The first-order valence-electron chi connectivity index (χ1n) is 6.12. The summed E-state index contributed by atoms with van der Waals surface area (Å²) < 4.78 is 27.0. The lowest BCUT2D eigenvalue weighted by molar-refractivity contribution is 0.589. The second-order valence-corrected chi connectivity index (χ2v) is 6.54. The Morgan fingerprint density at radius 1 is 0.952 bits per heavy atom. The normalized spacial score (nSPS) is 12.7. The third-order valence-electron chi connectivity index (χ3n) is 2.74. The highest BCUT2D eigenvalue weighted by Gasteiger charge is 2.17. The largest absolute Gasteiger partial charge is 0.281 e. The summed E-state index contributed by atoms with van der Waals surface area (Å²) in [5, 5.41) is 0.283. The molecule has 0 radical (unpaired) electrons. The number of benzene rings is 2. The van der Waals surface area contributed by atoms with Crippen molar-refractivity contribution in [2.24, 2.45) is 0 Å². The molecule has 0 amide bonds. The van der Waals surface area contributed by atoms with E-state index < -0.39 is 10.0 Å². The first-order chi connectivity index (χ1) is 10.0. The fourth-order valence-electron chi connectivity index (χ4n) is 1.71. The van der Waals surface area contributed by atoms with Crippen LogP contribution >= 0.6 is 23.2 Å². The minimum atomic E-state index is -3.70. The standard InChI is InChI=1S/C15H13Cl2NO2S/c16-11-14(15(17)12-7-3-1-4-8-12)18-21(19,20)13-9-5-2-6-10-13/h1-10,18H,11H2/b15-14-. The van der Waals surface area contributed by atoms with Crippen LogP contribution in [0, 0.1) is 0 Å². The van der Waals surface area contributed by atoms with E-state index in [0.29, 0.717) is 5.56 Å². The summed E-state index contributed by atoms with van der Waals surface area (Å²) in [6, 6.07) is 17.1. The maximum atomic E-state index is 12.3. The van der Waals surface area contributed by atoms with Crippen molar-refractivity contribution < 1.29 is 8.42 Å². The van der Waals surface area contributed by atoms with Crippen molar-refractivity contribution in [1.82, 2.24) is 4.72 Å². The average molecular weight is 342 g/mol. The lowest BCUT2D eigenvalue weighted by Gasteiger charge is -2.12. The van der Waals surface area contributed by atoms with Gasteiger partial charge in [0.25, 0.3) is 10.0 Å². The van der Waals surface area contributed by atoms with Crippen molar-refractivity contribution in [3.63, 3.8) is 0 Å².